The molecule has 8 heteroatoms. The highest BCUT2D eigenvalue weighted by Gasteiger charge is 2.37. The molecule has 19 heavy (non-hydrogen) atoms. The van der Waals surface area contributed by atoms with Crippen molar-refractivity contribution in [2.75, 3.05) is 26.5 Å². The lowest BCUT2D eigenvalue weighted by molar-refractivity contribution is -0.146. The summed E-state index contributed by atoms with van der Waals surface area (Å²) in [5.41, 5.74) is 0. The summed E-state index contributed by atoms with van der Waals surface area (Å²) in [5, 5.41) is 0. The van der Waals surface area contributed by atoms with Crippen LogP contribution >= 0.6 is 0 Å². The summed E-state index contributed by atoms with van der Waals surface area (Å²) >= 11 is 0. The van der Waals surface area contributed by atoms with Crippen molar-refractivity contribution >= 4 is 22.0 Å². The van der Waals surface area contributed by atoms with Gasteiger partial charge in [0, 0.05) is 6.54 Å². The first-order valence-electron chi connectivity index (χ1n) is 6.06. The minimum absolute atomic E-state index is 0.219. The van der Waals surface area contributed by atoms with E-state index >= 15 is 0 Å². The Kier molecular flexibility index (Phi) is 5.74. The summed E-state index contributed by atoms with van der Waals surface area (Å²) in [5.74, 6) is -1.50. The molecule has 7 nitrogen and oxygen atoms in total. The Bertz CT molecular complexity index is 432. The largest absolute Gasteiger partial charge is 0.469 e. The zero-order valence-electron chi connectivity index (χ0n) is 11.1. The number of hydrogen-bond acceptors (Lipinski definition) is 6. The third kappa shape index (κ3) is 4.17. The van der Waals surface area contributed by atoms with Gasteiger partial charge in [-0.1, -0.05) is 0 Å². The van der Waals surface area contributed by atoms with Crippen molar-refractivity contribution in [3.63, 3.8) is 0 Å². The van der Waals surface area contributed by atoms with E-state index in [1.807, 2.05) is 0 Å². The topological polar surface area (TPSA) is 90.0 Å². The Balaban J connectivity index is 2.78. The summed E-state index contributed by atoms with van der Waals surface area (Å²) in [4.78, 5) is 22.6. The molecular formula is C11H19NO6S. The van der Waals surface area contributed by atoms with E-state index in [1.165, 1.54) is 14.2 Å². The quantitative estimate of drug-likeness (QED) is 0.658. The van der Waals surface area contributed by atoms with Crippen LogP contribution in [0.4, 0.5) is 0 Å². The van der Waals surface area contributed by atoms with Gasteiger partial charge in [0.2, 0.25) is 10.0 Å². The standard InChI is InChI=1S/C11H19NO6S/c1-17-10(13)6-8-19(15,16)12-7-4-3-5-9(12)11(14)18-2/h9H,3-8H2,1-2H3. The average molecular weight is 293 g/mol. The number of methoxy groups -OCH3 is 2. The van der Waals surface area contributed by atoms with Crippen LogP contribution in [0.1, 0.15) is 25.7 Å². The molecule has 1 aliphatic rings. The second kappa shape index (κ2) is 6.85. The van der Waals surface area contributed by atoms with Crippen LogP contribution in [0.25, 0.3) is 0 Å². The van der Waals surface area contributed by atoms with Crippen LogP contribution in [-0.4, -0.2) is 57.2 Å². The second-order valence-corrected chi connectivity index (χ2v) is 6.33. The number of esters is 2. The maximum atomic E-state index is 12.1. The number of ether oxygens (including phenoxy) is 2. The number of hydrogen-bond donors (Lipinski definition) is 0. The first kappa shape index (κ1) is 15.9. The molecule has 1 unspecified atom stereocenters. The zero-order valence-corrected chi connectivity index (χ0v) is 11.9. The molecule has 110 valence electrons. The molecule has 0 spiro atoms. The van der Waals surface area contributed by atoms with Crippen LogP contribution in [-0.2, 0) is 29.1 Å². The van der Waals surface area contributed by atoms with E-state index in [-0.39, 0.29) is 18.7 Å². The van der Waals surface area contributed by atoms with Gasteiger partial charge < -0.3 is 9.47 Å². The van der Waals surface area contributed by atoms with Crippen molar-refractivity contribution in [2.45, 2.75) is 31.7 Å². The van der Waals surface area contributed by atoms with Crippen molar-refractivity contribution in [1.29, 1.82) is 0 Å². The SMILES string of the molecule is COC(=O)CCS(=O)(=O)N1CCCCC1C(=O)OC. The van der Waals surface area contributed by atoms with Gasteiger partial charge in [-0.15, -0.1) is 0 Å². The molecule has 1 atom stereocenters. The van der Waals surface area contributed by atoms with Crippen LogP contribution in [0.3, 0.4) is 0 Å². The molecule has 0 N–H and O–H groups in total. The number of rotatable bonds is 5. The van der Waals surface area contributed by atoms with Crippen LogP contribution in [0.15, 0.2) is 0 Å². The lowest BCUT2D eigenvalue weighted by Gasteiger charge is -2.32. The zero-order chi connectivity index (χ0) is 14.5. The molecular weight excluding hydrogens is 274 g/mol. The predicted molar refractivity (Wildman–Crippen MR) is 66.8 cm³/mol. The Labute approximate surface area is 112 Å². The highest BCUT2D eigenvalue weighted by molar-refractivity contribution is 7.89. The normalized spacial score (nSPS) is 20.8. The van der Waals surface area contributed by atoms with Crippen LogP contribution in [0, 0.1) is 0 Å². The van der Waals surface area contributed by atoms with Gasteiger partial charge in [-0.3, -0.25) is 9.59 Å². The van der Waals surface area contributed by atoms with Gasteiger partial charge in [-0.25, -0.2) is 8.42 Å². The van der Waals surface area contributed by atoms with Gasteiger partial charge >= 0.3 is 11.9 Å². The van der Waals surface area contributed by atoms with E-state index in [9.17, 15) is 18.0 Å². The number of sulfonamides is 1. The molecule has 0 radical (unpaired) electrons. The van der Waals surface area contributed by atoms with Gasteiger partial charge in [0.1, 0.15) is 6.04 Å². The van der Waals surface area contributed by atoms with Gasteiger partial charge in [0.05, 0.1) is 26.4 Å². The van der Waals surface area contributed by atoms with Gasteiger partial charge in [0.25, 0.3) is 0 Å². The fourth-order valence-corrected chi connectivity index (χ4v) is 3.69. The highest BCUT2D eigenvalue weighted by atomic mass is 32.2. The van der Waals surface area contributed by atoms with Crippen molar-refractivity contribution in [3.8, 4) is 0 Å². The van der Waals surface area contributed by atoms with E-state index in [4.69, 9.17) is 0 Å². The average Bonchev–Trinajstić information content (AvgIpc) is 2.43. The lowest BCUT2D eigenvalue weighted by atomic mass is 10.1. The first-order chi connectivity index (χ1) is 8.92. The molecule has 1 aliphatic heterocycles. The third-order valence-electron chi connectivity index (χ3n) is 3.08. The molecule has 1 saturated heterocycles. The van der Waals surface area contributed by atoms with Gasteiger partial charge in [0.15, 0.2) is 0 Å². The summed E-state index contributed by atoms with van der Waals surface area (Å²) < 4.78 is 34.5. The maximum Gasteiger partial charge on any atom is 0.324 e. The van der Waals surface area contributed by atoms with Crippen LogP contribution in [0.2, 0.25) is 0 Å². The molecule has 0 aromatic carbocycles. The van der Waals surface area contributed by atoms with E-state index in [1.54, 1.807) is 0 Å². The van der Waals surface area contributed by atoms with Crippen LogP contribution < -0.4 is 0 Å². The minimum atomic E-state index is -3.66. The number of nitrogens with zero attached hydrogens (tertiary/aromatic N) is 1. The molecule has 0 aliphatic carbocycles. The highest BCUT2D eigenvalue weighted by Crippen LogP contribution is 2.22. The molecule has 1 fully saturated rings. The molecule has 1 rings (SSSR count). The number of carbonyl (C=O) groups excluding carboxylic acids is 2. The first-order valence-corrected chi connectivity index (χ1v) is 7.67. The fraction of sp³-hybridized carbons (Fsp3) is 0.818. The van der Waals surface area contributed by atoms with Crippen molar-refractivity contribution in [3.05, 3.63) is 0 Å². The predicted octanol–water partition coefficient (Wildman–Crippen LogP) is -0.0932. The molecule has 0 aromatic heterocycles. The van der Waals surface area contributed by atoms with Gasteiger partial charge in [-0.05, 0) is 19.3 Å². The van der Waals surface area contributed by atoms with Crippen molar-refractivity contribution in [1.82, 2.24) is 4.31 Å². The molecule has 0 aromatic rings. The Hall–Kier alpha value is -1.15. The number of carbonyl (C=O) groups is 2. The maximum absolute atomic E-state index is 12.1. The summed E-state index contributed by atoms with van der Waals surface area (Å²) in [6, 6.07) is -0.776. The van der Waals surface area contributed by atoms with E-state index in [2.05, 4.69) is 9.47 Å². The van der Waals surface area contributed by atoms with Crippen LogP contribution in [0.5, 0.6) is 0 Å². The lowest BCUT2D eigenvalue weighted by Crippen LogP contribution is -2.49. The summed E-state index contributed by atoms with van der Waals surface area (Å²) in [6.45, 7) is 0.281. The molecule has 1 heterocycles. The Morgan fingerprint density at radius 1 is 1.21 bits per heavy atom. The van der Waals surface area contributed by atoms with E-state index < -0.39 is 28.0 Å². The molecule has 0 amide bonds. The van der Waals surface area contributed by atoms with Crippen molar-refractivity contribution < 1.29 is 27.5 Å². The van der Waals surface area contributed by atoms with E-state index in [0.717, 1.165) is 10.7 Å². The summed E-state index contributed by atoms with van der Waals surface area (Å²) in [6.07, 6.45) is 1.71. The summed E-state index contributed by atoms with van der Waals surface area (Å²) in [7, 11) is -1.23. The molecule has 0 saturated carbocycles. The Morgan fingerprint density at radius 2 is 1.89 bits per heavy atom. The molecule has 0 bridgehead atoms. The van der Waals surface area contributed by atoms with Gasteiger partial charge in [-0.2, -0.15) is 4.31 Å². The third-order valence-corrected chi connectivity index (χ3v) is 4.95. The van der Waals surface area contributed by atoms with Crippen molar-refractivity contribution in [2.24, 2.45) is 0 Å². The number of piperidine rings is 1. The van der Waals surface area contributed by atoms with E-state index in [0.29, 0.717) is 12.8 Å². The second-order valence-electron chi connectivity index (χ2n) is 4.29. The Morgan fingerprint density at radius 3 is 2.47 bits per heavy atom. The smallest absolute Gasteiger partial charge is 0.324 e. The monoisotopic (exact) mass is 293 g/mol. The fourth-order valence-electron chi connectivity index (χ4n) is 2.04. The minimum Gasteiger partial charge on any atom is -0.469 e.